The highest BCUT2D eigenvalue weighted by molar-refractivity contribution is 7.99. The molecule has 188 valence electrons. The zero-order valence-corrected chi connectivity index (χ0v) is 20.4. The molecule has 12 nitrogen and oxygen atoms in total. The van der Waals surface area contributed by atoms with Gasteiger partial charge in [-0.25, -0.2) is 0 Å². The van der Waals surface area contributed by atoms with E-state index in [9.17, 15) is 28.8 Å². The first-order valence-electron chi connectivity index (χ1n) is 9.89. The Labute approximate surface area is 195 Å². The normalized spacial score (nSPS) is 15.0. The molecule has 0 aromatic carbocycles. The number of rotatable bonds is 13. The van der Waals surface area contributed by atoms with Gasteiger partial charge in [-0.3, -0.25) is 28.8 Å². The minimum Gasteiger partial charge on any atom is -0.462 e. The zero-order chi connectivity index (χ0) is 25.7. The monoisotopic (exact) mass is 494 g/mol. The fourth-order valence-electron chi connectivity index (χ4n) is 2.66. The molecular weight excluding hydrogens is 464 g/mol. The molecule has 33 heavy (non-hydrogen) atoms. The summed E-state index contributed by atoms with van der Waals surface area (Å²) in [6, 6.07) is 0. The number of thioether (sulfide) groups is 1. The maximum atomic E-state index is 11.9. The van der Waals surface area contributed by atoms with Crippen molar-refractivity contribution in [3.8, 4) is 0 Å². The Balaban J connectivity index is 6.63. The van der Waals surface area contributed by atoms with Crippen LogP contribution in [0.1, 0.15) is 48.5 Å². The summed E-state index contributed by atoms with van der Waals surface area (Å²) in [6.07, 6.45) is -6.16. The Morgan fingerprint density at radius 1 is 0.576 bits per heavy atom. The van der Waals surface area contributed by atoms with E-state index in [-0.39, 0.29) is 0 Å². The average Bonchev–Trinajstić information content (AvgIpc) is 2.64. The van der Waals surface area contributed by atoms with Crippen molar-refractivity contribution in [3.05, 3.63) is 0 Å². The van der Waals surface area contributed by atoms with Gasteiger partial charge in [0.1, 0.15) is 6.61 Å². The lowest BCUT2D eigenvalue weighted by Gasteiger charge is -2.37. The van der Waals surface area contributed by atoms with Crippen molar-refractivity contribution in [2.75, 3.05) is 12.4 Å². The molecule has 5 unspecified atom stereocenters. The molecular formula is C20H30O12S. The van der Waals surface area contributed by atoms with Gasteiger partial charge in [0.15, 0.2) is 29.9 Å². The highest BCUT2D eigenvalue weighted by atomic mass is 32.2. The molecule has 0 bridgehead atoms. The van der Waals surface area contributed by atoms with Crippen LogP contribution in [0, 0.1) is 0 Å². The van der Waals surface area contributed by atoms with Gasteiger partial charge in [-0.1, -0.05) is 6.92 Å². The van der Waals surface area contributed by atoms with E-state index in [1.165, 1.54) is 0 Å². The summed E-state index contributed by atoms with van der Waals surface area (Å²) in [6.45, 7) is 7.61. The number of hydrogen-bond donors (Lipinski definition) is 0. The molecule has 0 rings (SSSR count). The minimum atomic E-state index is -1.61. The van der Waals surface area contributed by atoms with E-state index >= 15 is 0 Å². The second-order valence-corrected chi connectivity index (χ2v) is 7.98. The van der Waals surface area contributed by atoms with Gasteiger partial charge in [0.25, 0.3) is 0 Å². The lowest BCUT2D eigenvalue weighted by Crippen LogP contribution is -2.56. The topological polar surface area (TPSA) is 158 Å². The fourth-order valence-corrected chi connectivity index (χ4v) is 3.59. The predicted molar refractivity (Wildman–Crippen MR) is 113 cm³/mol. The molecule has 0 aromatic heterocycles. The molecule has 0 amide bonds. The highest BCUT2D eigenvalue weighted by Crippen LogP contribution is 2.28. The third kappa shape index (κ3) is 12.7. The number of esters is 6. The summed E-state index contributed by atoms with van der Waals surface area (Å²) in [7, 11) is 0. The Hall–Kier alpha value is -2.83. The van der Waals surface area contributed by atoms with Gasteiger partial charge in [-0.2, -0.15) is 0 Å². The van der Waals surface area contributed by atoms with Crippen LogP contribution in [0.15, 0.2) is 0 Å². The number of ether oxygens (including phenoxy) is 6. The maximum Gasteiger partial charge on any atom is 0.303 e. The van der Waals surface area contributed by atoms with Crippen LogP contribution in [0.4, 0.5) is 0 Å². The van der Waals surface area contributed by atoms with Crippen molar-refractivity contribution in [3.63, 3.8) is 0 Å². The molecule has 0 aromatic rings. The summed E-state index contributed by atoms with van der Waals surface area (Å²) in [4.78, 5) is 70.4. The highest BCUT2D eigenvalue weighted by Gasteiger charge is 2.48. The van der Waals surface area contributed by atoms with Crippen molar-refractivity contribution >= 4 is 47.6 Å². The van der Waals surface area contributed by atoms with Gasteiger partial charge in [0.2, 0.25) is 0 Å². The van der Waals surface area contributed by atoms with Gasteiger partial charge in [-0.05, 0) is 5.75 Å². The fraction of sp³-hybridized carbons (Fsp3) is 0.700. The molecule has 0 aliphatic carbocycles. The molecule has 0 saturated carbocycles. The first-order valence-corrected chi connectivity index (χ1v) is 10.9. The number of hydrogen-bond acceptors (Lipinski definition) is 13. The van der Waals surface area contributed by atoms with Gasteiger partial charge in [0.05, 0.1) is 0 Å². The second-order valence-electron chi connectivity index (χ2n) is 6.61. The van der Waals surface area contributed by atoms with E-state index < -0.39 is 72.3 Å². The van der Waals surface area contributed by atoms with Gasteiger partial charge < -0.3 is 28.4 Å². The van der Waals surface area contributed by atoms with Crippen LogP contribution < -0.4 is 0 Å². The smallest absolute Gasteiger partial charge is 0.303 e. The lowest BCUT2D eigenvalue weighted by atomic mass is 10.0. The van der Waals surface area contributed by atoms with Gasteiger partial charge >= 0.3 is 35.8 Å². The SMILES string of the molecule is CCSC(OC(C)=O)C(OC(C)=O)C(OC(C)=O)C(OC(C)=O)C(COC(C)=O)OC(C)=O. The van der Waals surface area contributed by atoms with Crippen molar-refractivity contribution in [1.29, 1.82) is 0 Å². The molecule has 0 aliphatic rings. The van der Waals surface area contributed by atoms with Crippen LogP contribution in [0.5, 0.6) is 0 Å². The van der Waals surface area contributed by atoms with Crippen LogP contribution in [-0.2, 0) is 57.2 Å². The molecule has 0 heterocycles. The van der Waals surface area contributed by atoms with Gasteiger partial charge in [-0.15, -0.1) is 11.8 Å². The largest absolute Gasteiger partial charge is 0.462 e. The molecule has 0 radical (unpaired) electrons. The molecule has 0 spiro atoms. The third-order valence-corrected chi connectivity index (χ3v) is 4.60. The van der Waals surface area contributed by atoms with E-state index in [1.807, 2.05) is 0 Å². The summed E-state index contributed by atoms with van der Waals surface area (Å²) in [5, 5.41) is 0. The molecule has 0 fully saturated rings. The van der Waals surface area contributed by atoms with Crippen LogP contribution in [0.25, 0.3) is 0 Å². The molecule has 0 N–H and O–H groups in total. The van der Waals surface area contributed by atoms with Crippen molar-refractivity contribution < 1.29 is 57.2 Å². The van der Waals surface area contributed by atoms with Gasteiger partial charge in [0, 0.05) is 41.5 Å². The molecule has 13 heteroatoms. The van der Waals surface area contributed by atoms with Crippen molar-refractivity contribution in [2.45, 2.75) is 78.3 Å². The molecule has 0 saturated heterocycles. The Morgan fingerprint density at radius 3 is 1.39 bits per heavy atom. The van der Waals surface area contributed by atoms with Crippen LogP contribution in [0.2, 0.25) is 0 Å². The quantitative estimate of drug-likeness (QED) is 0.202. The summed E-state index contributed by atoms with van der Waals surface area (Å²) in [5.41, 5.74) is -1.19. The minimum absolute atomic E-state index is 0.390. The summed E-state index contributed by atoms with van der Waals surface area (Å²) < 4.78 is 31.2. The number of carbonyl (C=O) groups excluding carboxylic acids is 6. The Morgan fingerprint density at radius 2 is 1.00 bits per heavy atom. The predicted octanol–water partition coefficient (Wildman–Crippen LogP) is 0.919. The maximum absolute atomic E-state index is 11.9. The number of carbonyl (C=O) groups is 6. The average molecular weight is 495 g/mol. The van der Waals surface area contributed by atoms with Crippen molar-refractivity contribution in [2.24, 2.45) is 0 Å². The van der Waals surface area contributed by atoms with E-state index in [2.05, 4.69) is 0 Å². The van der Waals surface area contributed by atoms with E-state index in [0.29, 0.717) is 5.75 Å². The standard InChI is InChI=1S/C20H30O12S/c1-8-33-20(32-15(7)26)19(31-14(6)25)18(30-13(5)24)17(29-12(4)23)16(28-11(3)22)9-27-10(2)21/h16-20H,8-9H2,1-7H3. The van der Waals surface area contributed by atoms with Crippen LogP contribution >= 0.6 is 11.8 Å². The first-order chi connectivity index (χ1) is 15.3. The summed E-state index contributed by atoms with van der Waals surface area (Å²) >= 11 is 1.05. The second kappa shape index (κ2) is 15.1. The Kier molecular flexibility index (Phi) is 13.8. The summed E-state index contributed by atoms with van der Waals surface area (Å²) in [5.74, 6) is -4.45. The Bertz CT molecular complexity index is 722. The van der Waals surface area contributed by atoms with E-state index in [4.69, 9.17) is 28.4 Å². The van der Waals surface area contributed by atoms with Crippen LogP contribution in [0.3, 0.4) is 0 Å². The first kappa shape index (κ1) is 30.2. The lowest BCUT2D eigenvalue weighted by molar-refractivity contribution is -0.208. The van der Waals surface area contributed by atoms with E-state index in [0.717, 1.165) is 53.3 Å². The molecule has 0 aliphatic heterocycles. The zero-order valence-electron chi connectivity index (χ0n) is 19.6. The van der Waals surface area contributed by atoms with E-state index in [1.54, 1.807) is 6.92 Å². The molecule has 5 atom stereocenters. The third-order valence-electron chi connectivity index (χ3n) is 3.57. The van der Waals surface area contributed by atoms with Crippen LogP contribution in [-0.4, -0.2) is 78.0 Å². The van der Waals surface area contributed by atoms with Crippen molar-refractivity contribution in [1.82, 2.24) is 0 Å².